The van der Waals surface area contributed by atoms with Crippen molar-refractivity contribution in [1.29, 1.82) is 0 Å². The molecule has 0 radical (unpaired) electrons. The summed E-state index contributed by atoms with van der Waals surface area (Å²) in [6.07, 6.45) is 5.66. The summed E-state index contributed by atoms with van der Waals surface area (Å²) in [6.45, 7) is 5.45. The van der Waals surface area contributed by atoms with Gasteiger partial charge in [0.15, 0.2) is 0 Å². The molecule has 4 amide bonds. The Morgan fingerprint density at radius 3 is 2.15 bits per heavy atom. The topological polar surface area (TPSA) is 94.9 Å². The van der Waals surface area contributed by atoms with E-state index in [-0.39, 0.29) is 23.9 Å². The zero-order valence-corrected chi connectivity index (χ0v) is 19.4. The Morgan fingerprint density at radius 1 is 0.909 bits per heavy atom. The minimum Gasteiger partial charge on any atom is -0.466 e. The van der Waals surface area contributed by atoms with Crippen LogP contribution < -0.4 is 10.6 Å². The zero-order chi connectivity index (χ0) is 23.4. The minimum absolute atomic E-state index is 0.0634. The Balaban J connectivity index is 1.26. The number of urea groups is 1. The predicted molar refractivity (Wildman–Crippen MR) is 125 cm³/mol. The first-order chi connectivity index (χ1) is 15.9. The van der Waals surface area contributed by atoms with Gasteiger partial charge in [-0.1, -0.05) is 19.3 Å². The number of piperazine rings is 1. The van der Waals surface area contributed by atoms with Crippen LogP contribution in [-0.4, -0.2) is 59.9 Å². The van der Waals surface area contributed by atoms with Gasteiger partial charge in [0.2, 0.25) is 0 Å². The lowest BCUT2D eigenvalue weighted by Gasteiger charge is -2.34. The third-order valence-electron chi connectivity index (χ3n) is 6.46. The fourth-order valence-corrected chi connectivity index (χ4v) is 4.55. The van der Waals surface area contributed by atoms with E-state index in [1.54, 1.807) is 47.1 Å². The quantitative estimate of drug-likeness (QED) is 0.734. The van der Waals surface area contributed by atoms with Crippen LogP contribution in [0.25, 0.3) is 0 Å². The second-order valence-corrected chi connectivity index (χ2v) is 8.92. The molecular weight excluding hydrogens is 420 g/mol. The molecule has 1 aliphatic heterocycles. The van der Waals surface area contributed by atoms with Gasteiger partial charge < -0.3 is 24.9 Å². The summed E-state index contributed by atoms with van der Waals surface area (Å²) in [4.78, 5) is 41.3. The molecule has 8 nitrogen and oxygen atoms in total. The molecule has 1 saturated heterocycles. The van der Waals surface area contributed by atoms with Gasteiger partial charge in [0.1, 0.15) is 11.5 Å². The van der Waals surface area contributed by atoms with Crippen LogP contribution in [0.15, 0.2) is 34.7 Å². The first-order valence-corrected chi connectivity index (χ1v) is 11.7. The highest BCUT2D eigenvalue weighted by molar-refractivity contribution is 5.96. The molecule has 2 heterocycles. The molecule has 1 saturated carbocycles. The molecule has 1 aromatic heterocycles. The zero-order valence-electron chi connectivity index (χ0n) is 19.4. The molecule has 33 heavy (non-hydrogen) atoms. The van der Waals surface area contributed by atoms with Gasteiger partial charge in [-0.05, 0) is 57.0 Å². The van der Waals surface area contributed by atoms with Gasteiger partial charge >= 0.3 is 6.03 Å². The van der Waals surface area contributed by atoms with E-state index in [1.165, 1.54) is 19.3 Å². The molecule has 0 bridgehead atoms. The summed E-state index contributed by atoms with van der Waals surface area (Å²) < 4.78 is 5.47. The fraction of sp³-hybridized carbons (Fsp3) is 0.480. The molecule has 176 valence electrons. The summed E-state index contributed by atoms with van der Waals surface area (Å²) in [5.74, 6) is 1.20. The highest BCUT2D eigenvalue weighted by Crippen LogP contribution is 2.19. The summed E-state index contributed by atoms with van der Waals surface area (Å²) in [6, 6.07) is 8.78. The predicted octanol–water partition coefficient (Wildman–Crippen LogP) is 3.95. The molecule has 0 atom stereocenters. The van der Waals surface area contributed by atoms with Gasteiger partial charge in [-0.15, -0.1) is 0 Å². The van der Waals surface area contributed by atoms with Crippen LogP contribution in [0.1, 0.15) is 64.3 Å². The number of furan rings is 1. The van der Waals surface area contributed by atoms with Crippen molar-refractivity contribution in [2.24, 2.45) is 0 Å². The Hall–Kier alpha value is -3.29. The lowest BCUT2D eigenvalue weighted by atomic mass is 9.95. The first kappa shape index (κ1) is 22.9. The SMILES string of the molecule is Cc1cc(C(=O)N2CCN(C(=O)Nc3ccc(C(=O)NC4CCCCC4)cc3)CC2)c(C)o1. The van der Waals surface area contributed by atoms with Crippen LogP contribution in [0.5, 0.6) is 0 Å². The molecule has 2 N–H and O–H groups in total. The van der Waals surface area contributed by atoms with Gasteiger partial charge in [0.05, 0.1) is 5.56 Å². The summed E-state index contributed by atoms with van der Waals surface area (Å²) >= 11 is 0. The highest BCUT2D eigenvalue weighted by Gasteiger charge is 2.27. The molecule has 4 rings (SSSR count). The third-order valence-corrected chi connectivity index (χ3v) is 6.46. The lowest BCUT2D eigenvalue weighted by molar-refractivity contribution is 0.0669. The number of nitrogens with zero attached hydrogens (tertiary/aromatic N) is 2. The summed E-state index contributed by atoms with van der Waals surface area (Å²) in [5, 5.41) is 5.99. The van der Waals surface area contributed by atoms with Gasteiger partial charge in [0.25, 0.3) is 11.8 Å². The van der Waals surface area contributed by atoms with E-state index in [4.69, 9.17) is 4.42 Å². The molecule has 2 aromatic rings. The third kappa shape index (κ3) is 5.56. The smallest absolute Gasteiger partial charge is 0.321 e. The number of hydrogen-bond acceptors (Lipinski definition) is 4. The Labute approximate surface area is 194 Å². The van der Waals surface area contributed by atoms with Crippen molar-refractivity contribution in [2.45, 2.75) is 52.0 Å². The van der Waals surface area contributed by atoms with E-state index in [1.807, 2.05) is 6.92 Å². The molecule has 0 unspecified atom stereocenters. The number of carbonyl (C=O) groups is 3. The number of benzene rings is 1. The van der Waals surface area contributed by atoms with Crippen LogP contribution >= 0.6 is 0 Å². The minimum atomic E-state index is -0.211. The maximum atomic E-state index is 12.7. The van der Waals surface area contributed by atoms with Crippen LogP contribution in [-0.2, 0) is 0 Å². The molecule has 2 fully saturated rings. The van der Waals surface area contributed by atoms with Crippen molar-refractivity contribution in [3.63, 3.8) is 0 Å². The van der Waals surface area contributed by atoms with Gasteiger partial charge in [0, 0.05) is 43.5 Å². The molecule has 0 spiro atoms. The Kier molecular flexibility index (Phi) is 7.01. The average molecular weight is 453 g/mol. The molecule has 8 heteroatoms. The van der Waals surface area contributed by atoms with E-state index in [9.17, 15) is 14.4 Å². The largest absolute Gasteiger partial charge is 0.466 e. The second kappa shape index (κ2) is 10.1. The van der Waals surface area contributed by atoms with Crippen molar-refractivity contribution in [2.75, 3.05) is 31.5 Å². The van der Waals surface area contributed by atoms with Gasteiger partial charge in [-0.25, -0.2) is 4.79 Å². The molecular formula is C25H32N4O4. The first-order valence-electron chi connectivity index (χ1n) is 11.7. The maximum absolute atomic E-state index is 12.7. The number of carbonyl (C=O) groups excluding carboxylic acids is 3. The monoisotopic (exact) mass is 452 g/mol. The average Bonchev–Trinajstić information content (AvgIpc) is 3.17. The number of aryl methyl sites for hydroxylation is 2. The number of rotatable bonds is 4. The van der Waals surface area contributed by atoms with Crippen LogP contribution in [0, 0.1) is 13.8 Å². The normalized spacial score (nSPS) is 17.0. The van der Waals surface area contributed by atoms with E-state index in [0.29, 0.717) is 54.5 Å². The maximum Gasteiger partial charge on any atom is 0.321 e. The number of nitrogens with one attached hydrogen (secondary N) is 2. The van der Waals surface area contributed by atoms with Crippen molar-refractivity contribution in [3.05, 3.63) is 53.0 Å². The summed E-state index contributed by atoms with van der Waals surface area (Å²) in [7, 11) is 0. The Bertz CT molecular complexity index is 1000. The molecule has 2 aliphatic rings. The lowest BCUT2D eigenvalue weighted by Crippen LogP contribution is -2.51. The number of anilines is 1. The Morgan fingerprint density at radius 2 is 1.55 bits per heavy atom. The van der Waals surface area contributed by atoms with Crippen LogP contribution in [0.3, 0.4) is 0 Å². The van der Waals surface area contributed by atoms with Gasteiger partial charge in [-0.2, -0.15) is 0 Å². The van der Waals surface area contributed by atoms with Crippen LogP contribution in [0.4, 0.5) is 10.5 Å². The highest BCUT2D eigenvalue weighted by atomic mass is 16.3. The van der Waals surface area contributed by atoms with Crippen molar-refractivity contribution >= 4 is 23.5 Å². The van der Waals surface area contributed by atoms with E-state index >= 15 is 0 Å². The summed E-state index contributed by atoms with van der Waals surface area (Å²) in [5.41, 5.74) is 1.81. The van der Waals surface area contributed by atoms with Crippen LogP contribution in [0.2, 0.25) is 0 Å². The molecule has 1 aliphatic carbocycles. The van der Waals surface area contributed by atoms with Gasteiger partial charge in [-0.3, -0.25) is 9.59 Å². The van der Waals surface area contributed by atoms with Crippen molar-refractivity contribution in [3.8, 4) is 0 Å². The number of amides is 4. The van der Waals surface area contributed by atoms with E-state index in [2.05, 4.69) is 10.6 Å². The molecule has 1 aromatic carbocycles. The van der Waals surface area contributed by atoms with Crippen molar-refractivity contribution in [1.82, 2.24) is 15.1 Å². The van der Waals surface area contributed by atoms with E-state index < -0.39 is 0 Å². The second-order valence-electron chi connectivity index (χ2n) is 8.92. The van der Waals surface area contributed by atoms with E-state index in [0.717, 1.165) is 12.8 Å². The standard InChI is InChI=1S/C25H32N4O4/c1-17-16-22(18(2)33-17)24(31)28-12-14-29(15-13-28)25(32)27-21-10-8-19(9-11-21)23(30)26-20-6-4-3-5-7-20/h8-11,16,20H,3-7,12-15H2,1-2H3,(H,26,30)(H,27,32). The fourth-order valence-electron chi connectivity index (χ4n) is 4.55. The number of hydrogen-bond donors (Lipinski definition) is 2. The van der Waals surface area contributed by atoms with Crippen molar-refractivity contribution < 1.29 is 18.8 Å².